The summed E-state index contributed by atoms with van der Waals surface area (Å²) >= 11 is 0. The molecule has 0 fully saturated rings. The van der Waals surface area contributed by atoms with Gasteiger partial charge in [0.05, 0.1) is 12.2 Å². The zero-order valence-corrected chi connectivity index (χ0v) is 8.31. The van der Waals surface area contributed by atoms with Gasteiger partial charge >= 0.3 is 5.97 Å². The molecule has 0 spiro atoms. The summed E-state index contributed by atoms with van der Waals surface area (Å²) in [5, 5.41) is 0. The average molecular weight is 207 g/mol. The van der Waals surface area contributed by atoms with Gasteiger partial charge in [-0.2, -0.15) is 0 Å². The Kier molecular flexibility index (Phi) is 4.50. The highest BCUT2D eigenvalue weighted by atomic mass is 16.5. The first-order chi connectivity index (χ1) is 7.27. The van der Waals surface area contributed by atoms with Crippen molar-refractivity contribution in [2.24, 2.45) is 5.73 Å². The van der Waals surface area contributed by atoms with Gasteiger partial charge in [-0.15, -0.1) is 0 Å². The number of nitrogens with two attached hydrogens (primary N) is 1. The number of benzene rings is 1. The summed E-state index contributed by atoms with van der Waals surface area (Å²) in [6.45, 7) is 0.822. The van der Waals surface area contributed by atoms with E-state index in [0.29, 0.717) is 30.7 Å². The summed E-state index contributed by atoms with van der Waals surface area (Å²) in [6.07, 6.45) is 1.38. The predicted molar refractivity (Wildman–Crippen MR) is 55.8 cm³/mol. The van der Waals surface area contributed by atoms with E-state index in [-0.39, 0.29) is 5.97 Å². The number of rotatable bonds is 5. The molecule has 0 aliphatic heterocycles. The molecule has 1 aromatic carbocycles. The lowest BCUT2D eigenvalue weighted by Crippen LogP contribution is -2.10. The van der Waals surface area contributed by atoms with Crippen LogP contribution in [0.25, 0.3) is 0 Å². The zero-order valence-electron chi connectivity index (χ0n) is 8.31. The molecule has 4 heteroatoms. The lowest BCUT2D eigenvalue weighted by molar-refractivity contribution is 0.0502. The lowest BCUT2D eigenvalue weighted by atomic mass is 10.1. The molecule has 4 nitrogen and oxygen atoms in total. The molecular weight excluding hydrogens is 194 g/mol. The minimum Gasteiger partial charge on any atom is -0.462 e. The standard InChI is InChI=1S/C11H13NO3/c12-6-1-7-15-11(14)10-4-2-9(8-13)3-5-10/h2-5,8H,1,6-7,12H2. The van der Waals surface area contributed by atoms with Crippen LogP contribution in [0.15, 0.2) is 24.3 Å². The number of carbonyl (C=O) groups excluding carboxylic acids is 2. The van der Waals surface area contributed by atoms with E-state index >= 15 is 0 Å². The number of carbonyl (C=O) groups is 2. The molecule has 0 saturated heterocycles. The number of hydrogen-bond donors (Lipinski definition) is 1. The van der Waals surface area contributed by atoms with E-state index in [4.69, 9.17) is 10.5 Å². The van der Waals surface area contributed by atoms with Crippen LogP contribution in [0.5, 0.6) is 0 Å². The van der Waals surface area contributed by atoms with Crippen molar-refractivity contribution >= 4 is 12.3 Å². The minimum absolute atomic E-state index is 0.324. The first kappa shape index (κ1) is 11.4. The third kappa shape index (κ3) is 3.52. The fourth-order valence-corrected chi connectivity index (χ4v) is 1.03. The Labute approximate surface area is 88.0 Å². The smallest absolute Gasteiger partial charge is 0.338 e. The van der Waals surface area contributed by atoms with Crippen LogP contribution < -0.4 is 5.73 Å². The third-order valence-electron chi connectivity index (χ3n) is 1.86. The summed E-state index contributed by atoms with van der Waals surface area (Å²) in [4.78, 5) is 21.7. The predicted octanol–water partition coefficient (Wildman–Crippen LogP) is 1.00. The largest absolute Gasteiger partial charge is 0.462 e. The molecule has 0 atom stereocenters. The van der Waals surface area contributed by atoms with Gasteiger partial charge in [0, 0.05) is 5.56 Å². The highest BCUT2D eigenvalue weighted by molar-refractivity contribution is 5.90. The van der Waals surface area contributed by atoms with Gasteiger partial charge in [-0.25, -0.2) is 4.79 Å². The van der Waals surface area contributed by atoms with Gasteiger partial charge in [-0.3, -0.25) is 4.79 Å². The highest BCUT2D eigenvalue weighted by Gasteiger charge is 2.05. The maximum absolute atomic E-state index is 11.4. The molecule has 0 aromatic heterocycles. The SMILES string of the molecule is NCCCOC(=O)c1ccc(C=O)cc1. The minimum atomic E-state index is -0.388. The average Bonchev–Trinajstić information content (AvgIpc) is 2.29. The van der Waals surface area contributed by atoms with E-state index in [2.05, 4.69) is 0 Å². The molecule has 0 saturated carbocycles. The third-order valence-corrected chi connectivity index (χ3v) is 1.86. The second kappa shape index (κ2) is 5.93. The highest BCUT2D eigenvalue weighted by Crippen LogP contribution is 2.04. The monoisotopic (exact) mass is 207 g/mol. The molecule has 0 bridgehead atoms. The quantitative estimate of drug-likeness (QED) is 0.444. The molecular formula is C11H13NO3. The molecule has 15 heavy (non-hydrogen) atoms. The molecule has 0 amide bonds. The summed E-state index contributed by atoms with van der Waals surface area (Å²) in [5.74, 6) is -0.388. The second-order valence-electron chi connectivity index (χ2n) is 3.02. The Morgan fingerprint density at radius 3 is 2.53 bits per heavy atom. The summed E-state index contributed by atoms with van der Waals surface area (Å²) < 4.78 is 4.93. The van der Waals surface area contributed by atoms with Crippen molar-refractivity contribution in [3.05, 3.63) is 35.4 Å². The number of aldehydes is 1. The fraction of sp³-hybridized carbons (Fsp3) is 0.273. The molecule has 0 radical (unpaired) electrons. The van der Waals surface area contributed by atoms with Crippen molar-refractivity contribution in [2.45, 2.75) is 6.42 Å². The molecule has 80 valence electrons. The fourth-order valence-electron chi connectivity index (χ4n) is 1.03. The topological polar surface area (TPSA) is 69.4 Å². The van der Waals surface area contributed by atoms with Crippen LogP contribution in [0.1, 0.15) is 27.1 Å². The van der Waals surface area contributed by atoms with Gasteiger partial charge in [0.1, 0.15) is 6.29 Å². The van der Waals surface area contributed by atoms with Crippen molar-refractivity contribution in [2.75, 3.05) is 13.2 Å². The first-order valence-electron chi connectivity index (χ1n) is 4.70. The number of hydrogen-bond acceptors (Lipinski definition) is 4. The molecule has 0 aliphatic carbocycles. The van der Waals surface area contributed by atoms with E-state index in [0.717, 1.165) is 6.29 Å². The Balaban J connectivity index is 2.54. The number of ether oxygens (including phenoxy) is 1. The van der Waals surface area contributed by atoms with Crippen molar-refractivity contribution in [3.8, 4) is 0 Å². The van der Waals surface area contributed by atoms with Crippen molar-refractivity contribution < 1.29 is 14.3 Å². The summed E-state index contributed by atoms with van der Waals surface area (Å²) in [7, 11) is 0. The Hall–Kier alpha value is -1.68. The van der Waals surface area contributed by atoms with E-state index < -0.39 is 0 Å². The van der Waals surface area contributed by atoms with Crippen LogP contribution in [-0.2, 0) is 4.74 Å². The van der Waals surface area contributed by atoms with Gasteiger partial charge < -0.3 is 10.5 Å². The maximum Gasteiger partial charge on any atom is 0.338 e. The normalized spacial score (nSPS) is 9.67. The molecule has 2 N–H and O–H groups in total. The van der Waals surface area contributed by atoms with Gasteiger partial charge in [0.25, 0.3) is 0 Å². The zero-order chi connectivity index (χ0) is 11.1. The van der Waals surface area contributed by atoms with Crippen molar-refractivity contribution in [1.82, 2.24) is 0 Å². The van der Waals surface area contributed by atoms with Crippen LogP contribution in [0.2, 0.25) is 0 Å². The maximum atomic E-state index is 11.4. The molecule has 1 aromatic rings. The van der Waals surface area contributed by atoms with Gasteiger partial charge in [-0.1, -0.05) is 12.1 Å². The Morgan fingerprint density at radius 1 is 1.33 bits per heavy atom. The van der Waals surface area contributed by atoms with Crippen molar-refractivity contribution in [3.63, 3.8) is 0 Å². The van der Waals surface area contributed by atoms with Crippen LogP contribution in [0.4, 0.5) is 0 Å². The van der Waals surface area contributed by atoms with Crippen LogP contribution >= 0.6 is 0 Å². The lowest BCUT2D eigenvalue weighted by Gasteiger charge is -2.03. The van der Waals surface area contributed by atoms with E-state index in [1.54, 1.807) is 24.3 Å². The van der Waals surface area contributed by atoms with E-state index in [1.165, 1.54) is 0 Å². The van der Waals surface area contributed by atoms with Crippen molar-refractivity contribution in [1.29, 1.82) is 0 Å². The second-order valence-corrected chi connectivity index (χ2v) is 3.02. The van der Waals surface area contributed by atoms with Crippen LogP contribution in [0.3, 0.4) is 0 Å². The Bertz CT molecular complexity index is 332. The van der Waals surface area contributed by atoms with Gasteiger partial charge in [0.2, 0.25) is 0 Å². The summed E-state index contributed by atoms with van der Waals surface area (Å²) in [6, 6.07) is 6.28. The van der Waals surface area contributed by atoms with E-state index in [1.807, 2.05) is 0 Å². The Morgan fingerprint density at radius 2 is 2.00 bits per heavy atom. The van der Waals surface area contributed by atoms with Crippen LogP contribution in [0, 0.1) is 0 Å². The molecule has 1 rings (SSSR count). The van der Waals surface area contributed by atoms with Crippen LogP contribution in [-0.4, -0.2) is 25.4 Å². The summed E-state index contributed by atoms with van der Waals surface area (Å²) in [5.41, 5.74) is 6.24. The molecule has 0 aliphatic rings. The van der Waals surface area contributed by atoms with Gasteiger partial charge in [0.15, 0.2) is 0 Å². The van der Waals surface area contributed by atoms with Gasteiger partial charge in [-0.05, 0) is 25.1 Å². The van der Waals surface area contributed by atoms with E-state index in [9.17, 15) is 9.59 Å². The first-order valence-corrected chi connectivity index (χ1v) is 4.70. The molecule has 0 unspecified atom stereocenters. The number of esters is 1. The molecule has 0 heterocycles.